The monoisotopic (exact) mass is 634 g/mol. The molecule has 4 nitrogen and oxygen atoms in total. The van der Waals surface area contributed by atoms with Crippen molar-refractivity contribution in [3.05, 3.63) is 82.9 Å². The lowest BCUT2D eigenvalue weighted by atomic mass is 9.84. The van der Waals surface area contributed by atoms with Crippen LogP contribution in [0.1, 0.15) is 103 Å². The van der Waals surface area contributed by atoms with Crippen LogP contribution in [0.4, 0.5) is 0 Å². The van der Waals surface area contributed by atoms with Gasteiger partial charge in [-0.05, 0) is 97.2 Å². The zero-order valence-electron chi connectivity index (χ0n) is 28.2. The lowest BCUT2D eigenvalue weighted by Crippen LogP contribution is -2.38. The predicted octanol–water partition coefficient (Wildman–Crippen LogP) is 10.3. The Kier molecular flexibility index (Phi) is 9.74. The molecule has 6 heteroatoms. The molecule has 0 spiro atoms. The Morgan fingerprint density at radius 1 is 0.523 bits per heavy atom. The standard InChI is InChI=1S/C38H50O4S2/c1-35(2,3)27-11-17-33(31(19-27)25-21-39-37(7,8)40-22-25)43-29-13-15-30(16-14-29)44-34-18-12-28(36(4,5)6)20-32(34)26-23-41-38(9,10)42-24-26/h11-20,25-26H,21-24H2,1-10H3. The van der Waals surface area contributed by atoms with Crippen LogP contribution in [-0.4, -0.2) is 38.0 Å². The van der Waals surface area contributed by atoms with E-state index in [9.17, 15) is 0 Å². The summed E-state index contributed by atoms with van der Waals surface area (Å²) in [4.78, 5) is 4.96. The topological polar surface area (TPSA) is 36.9 Å². The molecule has 3 aromatic carbocycles. The quantitative estimate of drug-likeness (QED) is 0.269. The number of hydrogen-bond acceptors (Lipinski definition) is 6. The minimum atomic E-state index is -0.528. The van der Waals surface area contributed by atoms with Crippen LogP contribution in [0, 0.1) is 0 Å². The second-order valence-electron chi connectivity index (χ2n) is 15.1. The molecule has 0 N–H and O–H groups in total. The Hall–Kier alpha value is -1.80. The fraction of sp³-hybridized carbons (Fsp3) is 0.526. The Balaban J connectivity index is 1.37. The molecule has 2 aliphatic heterocycles. The molecule has 0 saturated carbocycles. The van der Waals surface area contributed by atoms with E-state index in [-0.39, 0.29) is 22.7 Å². The van der Waals surface area contributed by atoms with Crippen LogP contribution in [0.25, 0.3) is 0 Å². The highest BCUT2D eigenvalue weighted by atomic mass is 32.2. The third-order valence-electron chi connectivity index (χ3n) is 8.44. The first-order valence-electron chi connectivity index (χ1n) is 15.8. The molecule has 3 aromatic rings. The maximum absolute atomic E-state index is 6.07. The summed E-state index contributed by atoms with van der Waals surface area (Å²) in [7, 11) is 0. The van der Waals surface area contributed by atoms with Crippen molar-refractivity contribution in [1.29, 1.82) is 0 Å². The van der Waals surface area contributed by atoms with E-state index in [2.05, 4.69) is 102 Å². The van der Waals surface area contributed by atoms with Gasteiger partial charge in [0.05, 0.1) is 26.4 Å². The first-order valence-corrected chi connectivity index (χ1v) is 17.4. The van der Waals surface area contributed by atoms with Crippen molar-refractivity contribution in [2.45, 2.75) is 123 Å². The van der Waals surface area contributed by atoms with Crippen molar-refractivity contribution in [1.82, 2.24) is 0 Å². The van der Waals surface area contributed by atoms with Gasteiger partial charge in [-0.2, -0.15) is 0 Å². The summed E-state index contributed by atoms with van der Waals surface area (Å²) < 4.78 is 24.3. The van der Waals surface area contributed by atoms with Gasteiger partial charge in [-0.3, -0.25) is 0 Å². The van der Waals surface area contributed by atoms with E-state index < -0.39 is 11.6 Å². The number of benzene rings is 3. The fourth-order valence-electron chi connectivity index (χ4n) is 5.43. The van der Waals surface area contributed by atoms with Crippen LogP contribution < -0.4 is 0 Å². The van der Waals surface area contributed by atoms with Crippen LogP contribution >= 0.6 is 23.5 Å². The van der Waals surface area contributed by atoms with E-state index in [0.29, 0.717) is 26.4 Å². The molecule has 2 aliphatic rings. The summed E-state index contributed by atoms with van der Waals surface area (Å²) in [5, 5.41) is 0. The minimum Gasteiger partial charge on any atom is -0.350 e. The van der Waals surface area contributed by atoms with Crippen LogP contribution in [-0.2, 0) is 29.8 Å². The number of rotatable bonds is 6. The predicted molar refractivity (Wildman–Crippen MR) is 182 cm³/mol. The van der Waals surface area contributed by atoms with Gasteiger partial charge < -0.3 is 18.9 Å². The first kappa shape index (κ1) is 33.6. The highest BCUT2D eigenvalue weighted by Gasteiger charge is 2.32. The van der Waals surface area contributed by atoms with Crippen molar-refractivity contribution in [2.24, 2.45) is 0 Å². The molecule has 0 aliphatic carbocycles. The van der Waals surface area contributed by atoms with Crippen molar-refractivity contribution < 1.29 is 18.9 Å². The average Bonchev–Trinajstić information content (AvgIpc) is 2.94. The summed E-state index contributed by atoms with van der Waals surface area (Å²) >= 11 is 3.64. The zero-order chi connectivity index (χ0) is 31.9. The van der Waals surface area contributed by atoms with E-state index in [4.69, 9.17) is 18.9 Å². The minimum absolute atomic E-state index is 0.0719. The average molecular weight is 635 g/mol. The fourth-order valence-corrected chi connectivity index (χ4v) is 7.44. The SMILES string of the molecule is CC1(C)OCC(c2cc(C(C)(C)C)ccc2Sc2ccc(Sc3ccc(C(C)(C)C)cc3C3COC(C)(C)OC3)cc2)CO1. The second-order valence-corrected chi connectivity index (χ2v) is 17.3. The summed E-state index contributed by atoms with van der Waals surface area (Å²) in [5.74, 6) is -0.648. The van der Waals surface area contributed by atoms with Crippen LogP contribution in [0.15, 0.2) is 80.2 Å². The van der Waals surface area contributed by atoms with Crippen LogP contribution in [0.2, 0.25) is 0 Å². The summed E-state index contributed by atoms with van der Waals surface area (Å²) in [6, 6.07) is 22.8. The molecule has 2 heterocycles. The van der Waals surface area contributed by atoms with E-state index in [1.807, 2.05) is 51.2 Å². The molecule has 0 unspecified atom stereocenters. The molecule has 0 atom stereocenters. The third kappa shape index (κ3) is 8.31. The summed E-state index contributed by atoms with van der Waals surface area (Å²) in [6.07, 6.45) is 0. The Bertz CT molecular complexity index is 1320. The van der Waals surface area contributed by atoms with E-state index in [1.165, 1.54) is 41.8 Å². The zero-order valence-corrected chi connectivity index (χ0v) is 29.8. The van der Waals surface area contributed by atoms with Gasteiger partial charge >= 0.3 is 0 Å². The molecule has 44 heavy (non-hydrogen) atoms. The van der Waals surface area contributed by atoms with E-state index >= 15 is 0 Å². The van der Waals surface area contributed by atoms with E-state index in [0.717, 1.165) is 0 Å². The van der Waals surface area contributed by atoms with E-state index in [1.54, 1.807) is 0 Å². The smallest absolute Gasteiger partial charge is 0.162 e. The second kappa shape index (κ2) is 12.8. The molecule has 0 amide bonds. The molecule has 0 bridgehead atoms. The van der Waals surface area contributed by atoms with Crippen molar-refractivity contribution in [3.8, 4) is 0 Å². The Morgan fingerprint density at radius 2 is 0.841 bits per heavy atom. The molecule has 238 valence electrons. The Morgan fingerprint density at radius 3 is 1.14 bits per heavy atom. The highest BCUT2D eigenvalue weighted by molar-refractivity contribution is 7.99. The molecule has 0 radical (unpaired) electrons. The highest BCUT2D eigenvalue weighted by Crippen LogP contribution is 2.42. The van der Waals surface area contributed by atoms with Gasteiger partial charge in [-0.1, -0.05) is 89.3 Å². The lowest BCUT2D eigenvalue weighted by molar-refractivity contribution is -0.251. The lowest BCUT2D eigenvalue weighted by Gasteiger charge is -2.36. The molecular weight excluding hydrogens is 585 g/mol. The molecule has 2 saturated heterocycles. The van der Waals surface area contributed by atoms with Crippen molar-refractivity contribution >= 4 is 23.5 Å². The number of ether oxygens (including phenoxy) is 4. The number of hydrogen-bond donors (Lipinski definition) is 0. The summed E-state index contributed by atoms with van der Waals surface area (Å²) in [5.41, 5.74) is 5.42. The van der Waals surface area contributed by atoms with Gasteiger partial charge in [-0.25, -0.2) is 0 Å². The normalized spacial score (nSPS) is 19.7. The first-order chi connectivity index (χ1) is 20.5. The molecule has 5 rings (SSSR count). The largest absolute Gasteiger partial charge is 0.350 e. The van der Waals surface area contributed by atoms with Gasteiger partial charge in [0.25, 0.3) is 0 Å². The summed E-state index contributed by atoms with van der Waals surface area (Å²) in [6.45, 7) is 24.2. The molecule has 0 aromatic heterocycles. The van der Waals surface area contributed by atoms with Crippen LogP contribution in [0.5, 0.6) is 0 Å². The van der Waals surface area contributed by atoms with Gasteiger partial charge in [-0.15, -0.1) is 0 Å². The van der Waals surface area contributed by atoms with Gasteiger partial charge in [0.15, 0.2) is 11.6 Å². The van der Waals surface area contributed by atoms with Crippen molar-refractivity contribution in [3.63, 3.8) is 0 Å². The maximum atomic E-state index is 6.07. The maximum Gasteiger partial charge on any atom is 0.162 e. The van der Waals surface area contributed by atoms with Gasteiger partial charge in [0, 0.05) is 31.4 Å². The van der Waals surface area contributed by atoms with Crippen molar-refractivity contribution in [2.75, 3.05) is 26.4 Å². The van der Waals surface area contributed by atoms with Crippen LogP contribution in [0.3, 0.4) is 0 Å². The molecular formula is C38H50O4S2. The third-order valence-corrected chi connectivity index (χ3v) is 10.6. The Labute approximate surface area is 274 Å². The van der Waals surface area contributed by atoms with Gasteiger partial charge in [0.1, 0.15) is 0 Å². The van der Waals surface area contributed by atoms with Gasteiger partial charge in [0.2, 0.25) is 0 Å². The molecule has 2 fully saturated rings.